The van der Waals surface area contributed by atoms with E-state index in [1.54, 1.807) is 0 Å². The van der Waals surface area contributed by atoms with Crippen molar-refractivity contribution in [3.05, 3.63) is 35.9 Å². The Labute approximate surface area is 83.4 Å². The molecule has 3 nitrogen and oxygen atoms in total. The van der Waals surface area contributed by atoms with Gasteiger partial charge in [-0.25, -0.2) is 0 Å². The molecule has 0 spiro atoms. The van der Waals surface area contributed by atoms with Gasteiger partial charge in [0.05, 0.1) is 12.1 Å². The summed E-state index contributed by atoms with van der Waals surface area (Å²) >= 11 is 0. The third kappa shape index (κ3) is 1.54. The SMILES string of the molecule is C[C@H]1N[C@H](c2ccccc2)[C@H](O)[C@@H]1O. The van der Waals surface area contributed by atoms with Gasteiger partial charge in [-0.3, -0.25) is 0 Å². The summed E-state index contributed by atoms with van der Waals surface area (Å²) in [4.78, 5) is 0. The molecule has 0 bridgehead atoms. The van der Waals surface area contributed by atoms with Crippen molar-refractivity contribution in [3.8, 4) is 0 Å². The van der Waals surface area contributed by atoms with Crippen LogP contribution in [-0.2, 0) is 0 Å². The van der Waals surface area contributed by atoms with E-state index in [0.29, 0.717) is 0 Å². The maximum atomic E-state index is 9.77. The molecule has 2 rings (SSSR count). The first-order valence-corrected chi connectivity index (χ1v) is 4.87. The summed E-state index contributed by atoms with van der Waals surface area (Å²) in [5.74, 6) is 0. The smallest absolute Gasteiger partial charge is 0.101 e. The second kappa shape index (κ2) is 3.69. The second-order valence-electron chi connectivity index (χ2n) is 3.82. The van der Waals surface area contributed by atoms with E-state index >= 15 is 0 Å². The van der Waals surface area contributed by atoms with Crippen molar-refractivity contribution in [1.29, 1.82) is 0 Å². The summed E-state index contributed by atoms with van der Waals surface area (Å²) in [6.45, 7) is 1.87. The molecule has 3 N–H and O–H groups in total. The highest BCUT2D eigenvalue weighted by Crippen LogP contribution is 2.26. The fourth-order valence-corrected chi connectivity index (χ4v) is 1.93. The maximum absolute atomic E-state index is 9.77. The normalized spacial score (nSPS) is 37.4. The Morgan fingerprint density at radius 2 is 1.71 bits per heavy atom. The molecule has 1 aromatic carbocycles. The lowest BCUT2D eigenvalue weighted by Gasteiger charge is -2.15. The molecule has 4 atom stereocenters. The van der Waals surface area contributed by atoms with E-state index < -0.39 is 12.2 Å². The van der Waals surface area contributed by atoms with Crippen LogP contribution in [0.25, 0.3) is 0 Å². The average molecular weight is 193 g/mol. The highest BCUT2D eigenvalue weighted by Gasteiger charge is 2.38. The summed E-state index contributed by atoms with van der Waals surface area (Å²) in [5.41, 5.74) is 1.02. The molecule has 1 aromatic rings. The molecule has 0 radical (unpaired) electrons. The minimum atomic E-state index is -0.715. The first-order valence-electron chi connectivity index (χ1n) is 4.87. The molecule has 76 valence electrons. The van der Waals surface area contributed by atoms with Gasteiger partial charge < -0.3 is 15.5 Å². The largest absolute Gasteiger partial charge is 0.389 e. The molecule has 14 heavy (non-hydrogen) atoms. The van der Waals surface area contributed by atoms with Gasteiger partial charge in [-0.15, -0.1) is 0 Å². The fourth-order valence-electron chi connectivity index (χ4n) is 1.93. The summed E-state index contributed by atoms with van der Waals surface area (Å²) in [6.07, 6.45) is -1.40. The Morgan fingerprint density at radius 3 is 2.21 bits per heavy atom. The van der Waals surface area contributed by atoms with Crippen molar-refractivity contribution >= 4 is 0 Å². The maximum Gasteiger partial charge on any atom is 0.101 e. The van der Waals surface area contributed by atoms with Gasteiger partial charge in [-0.2, -0.15) is 0 Å². The van der Waals surface area contributed by atoms with Crippen molar-refractivity contribution in [3.63, 3.8) is 0 Å². The molecular formula is C11H15NO2. The zero-order valence-corrected chi connectivity index (χ0v) is 8.09. The number of benzene rings is 1. The molecule has 0 amide bonds. The molecule has 0 saturated carbocycles. The van der Waals surface area contributed by atoms with Crippen LogP contribution in [0.5, 0.6) is 0 Å². The Hall–Kier alpha value is -0.900. The molecule has 1 fully saturated rings. The average Bonchev–Trinajstić information content (AvgIpc) is 2.47. The summed E-state index contributed by atoms with van der Waals surface area (Å²) in [6, 6.07) is 9.48. The number of aliphatic hydroxyl groups is 2. The molecule has 1 saturated heterocycles. The van der Waals surface area contributed by atoms with E-state index in [-0.39, 0.29) is 12.1 Å². The standard InChI is InChI=1S/C11H15NO2/c1-7-10(13)11(14)9(12-7)8-5-3-2-4-6-8/h2-7,9-14H,1H3/t7-,9-,10-,11+/m1/s1. The van der Waals surface area contributed by atoms with Crippen molar-refractivity contribution in [1.82, 2.24) is 5.32 Å². The molecular weight excluding hydrogens is 178 g/mol. The lowest BCUT2D eigenvalue weighted by molar-refractivity contribution is 0.0301. The van der Waals surface area contributed by atoms with E-state index in [2.05, 4.69) is 5.32 Å². The Kier molecular flexibility index (Phi) is 2.54. The third-order valence-electron chi connectivity index (χ3n) is 2.80. The van der Waals surface area contributed by atoms with Gasteiger partial charge in [0.25, 0.3) is 0 Å². The van der Waals surface area contributed by atoms with Crippen LogP contribution >= 0.6 is 0 Å². The van der Waals surface area contributed by atoms with Crippen LogP contribution in [0.4, 0.5) is 0 Å². The second-order valence-corrected chi connectivity index (χ2v) is 3.82. The monoisotopic (exact) mass is 193 g/mol. The zero-order chi connectivity index (χ0) is 10.1. The van der Waals surface area contributed by atoms with Crippen LogP contribution in [0.1, 0.15) is 18.5 Å². The lowest BCUT2D eigenvalue weighted by atomic mass is 10.0. The van der Waals surface area contributed by atoms with Crippen LogP contribution in [0.15, 0.2) is 30.3 Å². The molecule has 0 aromatic heterocycles. The third-order valence-corrected chi connectivity index (χ3v) is 2.80. The Balaban J connectivity index is 2.21. The Bertz CT molecular complexity index is 301. The topological polar surface area (TPSA) is 52.5 Å². The van der Waals surface area contributed by atoms with E-state index in [1.165, 1.54) is 0 Å². The quantitative estimate of drug-likeness (QED) is 0.606. The minimum absolute atomic E-state index is 0.0600. The number of hydrogen-bond donors (Lipinski definition) is 3. The number of hydrogen-bond acceptors (Lipinski definition) is 3. The predicted octanol–water partition coefficient (Wildman–Crippen LogP) is 0.441. The van der Waals surface area contributed by atoms with Crippen LogP contribution in [0, 0.1) is 0 Å². The van der Waals surface area contributed by atoms with Gasteiger partial charge in [0.15, 0.2) is 0 Å². The minimum Gasteiger partial charge on any atom is -0.389 e. The van der Waals surface area contributed by atoms with Crippen molar-refractivity contribution in [2.45, 2.75) is 31.2 Å². The van der Waals surface area contributed by atoms with Gasteiger partial charge in [0.2, 0.25) is 0 Å². The molecule has 1 aliphatic rings. The van der Waals surface area contributed by atoms with Gasteiger partial charge >= 0.3 is 0 Å². The molecule has 0 unspecified atom stereocenters. The van der Waals surface area contributed by atoms with E-state index in [1.807, 2.05) is 37.3 Å². The highest BCUT2D eigenvalue weighted by molar-refractivity contribution is 5.22. The number of rotatable bonds is 1. The van der Waals surface area contributed by atoms with Gasteiger partial charge in [-0.1, -0.05) is 30.3 Å². The highest BCUT2D eigenvalue weighted by atomic mass is 16.3. The van der Waals surface area contributed by atoms with E-state index in [9.17, 15) is 10.2 Å². The molecule has 1 heterocycles. The van der Waals surface area contributed by atoms with Gasteiger partial charge in [0.1, 0.15) is 6.10 Å². The fraction of sp³-hybridized carbons (Fsp3) is 0.455. The van der Waals surface area contributed by atoms with Crippen LogP contribution < -0.4 is 5.32 Å². The number of aliphatic hydroxyl groups excluding tert-OH is 2. The first-order chi connectivity index (χ1) is 6.70. The Morgan fingerprint density at radius 1 is 1.07 bits per heavy atom. The molecule has 0 aliphatic carbocycles. The molecule has 1 aliphatic heterocycles. The van der Waals surface area contributed by atoms with E-state index in [0.717, 1.165) is 5.56 Å². The van der Waals surface area contributed by atoms with Crippen molar-refractivity contribution < 1.29 is 10.2 Å². The van der Waals surface area contributed by atoms with Gasteiger partial charge in [-0.05, 0) is 12.5 Å². The van der Waals surface area contributed by atoms with Crippen LogP contribution in [0.2, 0.25) is 0 Å². The predicted molar refractivity (Wildman–Crippen MR) is 53.8 cm³/mol. The van der Waals surface area contributed by atoms with Gasteiger partial charge in [0, 0.05) is 6.04 Å². The van der Waals surface area contributed by atoms with Crippen molar-refractivity contribution in [2.24, 2.45) is 0 Å². The van der Waals surface area contributed by atoms with E-state index in [4.69, 9.17) is 0 Å². The lowest BCUT2D eigenvalue weighted by Crippen LogP contribution is -2.29. The first kappa shape index (κ1) is 9.65. The zero-order valence-electron chi connectivity index (χ0n) is 8.09. The summed E-state index contributed by atoms with van der Waals surface area (Å²) in [5, 5.41) is 22.5. The summed E-state index contributed by atoms with van der Waals surface area (Å²) in [7, 11) is 0. The van der Waals surface area contributed by atoms with Crippen molar-refractivity contribution in [2.75, 3.05) is 0 Å². The summed E-state index contributed by atoms with van der Waals surface area (Å²) < 4.78 is 0. The van der Waals surface area contributed by atoms with Crippen LogP contribution in [-0.4, -0.2) is 28.5 Å². The van der Waals surface area contributed by atoms with Crippen LogP contribution in [0.3, 0.4) is 0 Å². The number of nitrogens with one attached hydrogen (secondary N) is 1. The molecule has 3 heteroatoms.